The second-order valence-electron chi connectivity index (χ2n) is 4.75. The number of carbonyl (C=O) groups excluding carboxylic acids is 1. The van der Waals surface area contributed by atoms with Crippen LogP contribution < -0.4 is 0 Å². The molecule has 0 unspecified atom stereocenters. The molecule has 29 heavy (non-hydrogen) atoms. The van der Waals surface area contributed by atoms with E-state index in [4.69, 9.17) is 16.6 Å². The summed E-state index contributed by atoms with van der Waals surface area (Å²) in [6, 6.07) is 2.19. The number of nitrogens with zero attached hydrogens (tertiary/aromatic N) is 2. The van der Waals surface area contributed by atoms with E-state index < -0.39 is 0 Å². The van der Waals surface area contributed by atoms with Gasteiger partial charge in [-0.15, -0.1) is 47.0 Å². The van der Waals surface area contributed by atoms with Gasteiger partial charge < -0.3 is 9.58 Å². The van der Waals surface area contributed by atoms with Crippen LogP contribution in [-0.4, -0.2) is 36.5 Å². The first kappa shape index (κ1) is 25.5. The summed E-state index contributed by atoms with van der Waals surface area (Å²) >= 11 is 13.6. The summed E-state index contributed by atoms with van der Waals surface area (Å²) in [7, 11) is 1.65. The van der Waals surface area contributed by atoms with Crippen molar-refractivity contribution in [3.05, 3.63) is 49.2 Å². The number of carbonyl (C=O) groups is 1. The van der Waals surface area contributed by atoms with E-state index in [1.807, 2.05) is 0 Å². The van der Waals surface area contributed by atoms with Crippen LogP contribution in [0.5, 0.6) is 0 Å². The lowest BCUT2D eigenvalue weighted by Crippen LogP contribution is -1.82. The highest BCUT2D eigenvalue weighted by Gasteiger charge is 2.25. The molecule has 0 bridgehead atoms. The summed E-state index contributed by atoms with van der Waals surface area (Å²) in [5.74, 6) is 1.55. The summed E-state index contributed by atoms with van der Waals surface area (Å²) in [5, 5.41) is 9.64. The number of aldehydes is 1. The molecule has 0 aromatic rings. The van der Waals surface area contributed by atoms with E-state index in [9.17, 15) is 4.79 Å². The van der Waals surface area contributed by atoms with Gasteiger partial charge in [0.1, 0.15) is 12.5 Å². The van der Waals surface area contributed by atoms with Gasteiger partial charge in [-0.3, -0.25) is 4.79 Å². The Balaban J connectivity index is 1.97. The van der Waals surface area contributed by atoms with Gasteiger partial charge in [0.25, 0.3) is 0 Å². The molecule has 0 amide bonds. The van der Waals surface area contributed by atoms with E-state index in [0.29, 0.717) is 13.0 Å². The molecule has 0 N–H and O–H groups in total. The molecule has 4 nitrogen and oxygen atoms in total. The van der Waals surface area contributed by atoms with E-state index in [2.05, 4.69) is 10.9 Å². The van der Waals surface area contributed by atoms with E-state index >= 15 is 0 Å². The number of thioether (sulfide) groups is 8. The van der Waals surface area contributed by atoms with Crippen molar-refractivity contribution >= 4 is 100 Å². The van der Waals surface area contributed by atoms with Crippen LogP contribution in [0.3, 0.4) is 0 Å². The molecule has 0 aliphatic carbocycles. The van der Waals surface area contributed by atoms with Crippen molar-refractivity contribution in [2.24, 2.45) is 0 Å². The molecule has 0 radical (unpaired) electrons. The fraction of sp³-hybridized carbons (Fsp3) is 0.353. The molecule has 0 aromatic carbocycles. The maximum Gasteiger partial charge on any atom is 0.224 e. The second kappa shape index (κ2) is 15.1. The Morgan fingerprint density at radius 1 is 1.03 bits per heavy atom. The van der Waals surface area contributed by atoms with E-state index in [0.717, 1.165) is 31.4 Å². The maximum atomic E-state index is 10.8. The van der Waals surface area contributed by atoms with E-state index in [-0.39, 0.29) is 0 Å². The first-order valence-electron chi connectivity index (χ1n) is 8.01. The zero-order valence-electron chi connectivity index (χ0n) is 15.2. The van der Waals surface area contributed by atoms with Crippen molar-refractivity contribution in [1.82, 2.24) is 0 Å². The predicted molar refractivity (Wildman–Crippen MR) is 140 cm³/mol. The number of nitriles is 1. The van der Waals surface area contributed by atoms with Crippen molar-refractivity contribution < 1.29 is 9.53 Å². The van der Waals surface area contributed by atoms with Crippen molar-refractivity contribution in [1.29, 1.82) is 5.26 Å². The van der Waals surface area contributed by atoms with Crippen LogP contribution in [-0.2, 0) is 9.53 Å². The molecular weight excluding hydrogens is 521 g/mol. The average molecular weight is 537 g/mol. The number of allylic oxidation sites excluding steroid dienone is 1. The third-order valence-corrected chi connectivity index (χ3v) is 13.7. The third kappa shape index (κ3) is 9.08. The Hall–Kier alpha value is 0.210. The Labute approximate surface area is 205 Å². The van der Waals surface area contributed by atoms with Crippen LogP contribution in [0.2, 0.25) is 0 Å². The Bertz CT molecular complexity index is 807. The lowest BCUT2D eigenvalue weighted by Gasteiger charge is -2.05. The summed E-state index contributed by atoms with van der Waals surface area (Å²) in [5.41, 5.74) is 0. The average Bonchev–Trinajstić information content (AvgIpc) is 3.27. The molecule has 0 saturated carbocycles. The first-order chi connectivity index (χ1) is 14.2. The number of rotatable bonds is 12. The largest absolute Gasteiger partial charge is 0.503 e. The molecule has 12 heteroatoms. The Morgan fingerprint density at radius 3 is 2.17 bits per heavy atom. The minimum absolute atomic E-state index is 0.497. The van der Waals surface area contributed by atoms with Gasteiger partial charge in [0, 0.05) is 17.3 Å². The molecule has 154 valence electrons. The summed E-state index contributed by atoms with van der Waals surface area (Å²) in [6.45, 7) is 7.44. The number of hydrogen-bond donors (Lipinski definition) is 0. The SMILES string of the molecule is [C-]#[N+]CCSC1=C(SCSC2=C(SCCC#N)S/C(=C\OC)S2)S/C(=C\C=O)S1. The monoisotopic (exact) mass is 536 g/mol. The first-order valence-corrected chi connectivity index (χ1v) is 15.2. The zero-order chi connectivity index (χ0) is 20.9. The fourth-order valence-corrected chi connectivity index (χ4v) is 13.4. The molecule has 0 aromatic heterocycles. The lowest BCUT2D eigenvalue weighted by molar-refractivity contribution is -0.104. The molecule has 0 saturated heterocycles. The molecular formula is C17H16N2O2S8. The van der Waals surface area contributed by atoms with Crippen molar-refractivity contribution in [3.63, 3.8) is 0 Å². The van der Waals surface area contributed by atoms with E-state index in [1.165, 1.54) is 16.9 Å². The van der Waals surface area contributed by atoms with Crippen LogP contribution in [0.15, 0.2) is 37.8 Å². The molecule has 0 spiro atoms. The van der Waals surface area contributed by atoms with Gasteiger partial charge in [-0.05, 0) is 6.08 Å². The van der Waals surface area contributed by atoms with Crippen molar-refractivity contribution in [2.75, 3.05) is 30.2 Å². The highest BCUT2D eigenvalue weighted by Crippen LogP contribution is 2.60. The van der Waals surface area contributed by atoms with E-state index in [1.54, 1.807) is 114 Å². The van der Waals surface area contributed by atoms with Gasteiger partial charge in [0.2, 0.25) is 6.54 Å². The molecule has 2 aliphatic heterocycles. The quantitative estimate of drug-likeness (QED) is 0.0625. The van der Waals surface area contributed by atoms with Crippen molar-refractivity contribution in [2.45, 2.75) is 6.42 Å². The van der Waals surface area contributed by atoms with Crippen LogP contribution in [0.4, 0.5) is 0 Å². The molecule has 2 aliphatic rings. The van der Waals surface area contributed by atoms with Gasteiger partial charge in [-0.1, -0.05) is 47.0 Å². The number of methoxy groups -OCH3 is 1. The lowest BCUT2D eigenvalue weighted by atomic mass is 10.6. The van der Waals surface area contributed by atoms with Gasteiger partial charge >= 0.3 is 0 Å². The number of ether oxygens (including phenoxy) is 1. The highest BCUT2D eigenvalue weighted by molar-refractivity contribution is 8.44. The third-order valence-electron chi connectivity index (χ3n) is 2.79. The standard InChI is InChI=1S/C17H16N2O2S8/c1-19-6-9-23-15-16(27-12(26-15)4-7-20)24-11-25-17-14(22-8-3-5-18)28-13(29-17)10-21-2/h4,7,10H,3,6,8-9,11H2,2H3/b12-4-,13-10+. The molecule has 2 rings (SSSR count). The minimum Gasteiger partial charge on any atom is -0.503 e. The summed E-state index contributed by atoms with van der Waals surface area (Å²) in [6.07, 6.45) is 4.72. The molecule has 0 fully saturated rings. The fourth-order valence-electron chi connectivity index (χ4n) is 1.71. The van der Waals surface area contributed by atoms with Gasteiger partial charge in [-0.2, -0.15) is 5.26 Å². The van der Waals surface area contributed by atoms with Crippen LogP contribution >= 0.6 is 94.1 Å². The van der Waals surface area contributed by atoms with Gasteiger partial charge in [-0.25, -0.2) is 6.57 Å². The normalized spacial score (nSPS) is 19.1. The molecule has 0 atom stereocenters. The predicted octanol–water partition coefficient (Wildman–Crippen LogP) is 7.41. The second-order valence-corrected chi connectivity index (χ2v) is 15.1. The summed E-state index contributed by atoms with van der Waals surface area (Å²) < 4.78 is 12.1. The van der Waals surface area contributed by atoms with Crippen LogP contribution in [0, 0.1) is 17.9 Å². The van der Waals surface area contributed by atoms with Crippen molar-refractivity contribution in [3.8, 4) is 6.07 Å². The smallest absolute Gasteiger partial charge is 0.224 e. The molecule has 2 heterocycles. The maximum absolute atomic E-state index is 10.8. The van der Waals surface area contributed by atoms with Gasteiger partial charge in [0.05, 0.1) is 44.4 Å². The Morgan fingerprint density at radius 2 is 1.62 bits per heavy atom. The van der Waals surface area contributed by atoms with Gasteiger partial charge in [0.15, 0.2) is 0 Å². The number of hydrogen-bond acceptors (Lipinski definition) is 11. The topological polar surface area (TPSA) is 54.4 Å². The highest BCUT2D eigenvalue weighted by atomic mass is 32.3. The van der Waals surface area contributed by atoms with Crippen LogP contribution in [0.25, 0.3) is 4.85 Å². The Kier molecular flexibility index (Phi) is 13.2. The zero-order valence-corrected chi connectivity index (χ0v) is 21.8. The van der Waals surface area contributed by atoms with Crippen LogP contribution in [0.1, 0.15) is 6.42 Å². The summed E-state index contributed by atoms with van der Waals surface area (Å²) in [4.78, 5) is 14.2. The minimum atomic E-state index is 0.497.